The Labute approximate surface area is 134 Å². The van der Waals surface area contributed by atoms with Crippen molar-refractivity contribution >= 4 is 27.9 Å². The number of thiophene rings is 1. The molecule has 5 heteroatoms. The molecule has 4 nitrogen and oxygen atoms in total. The van der Waals surface area contributed by atoms with Gasteiger partial charge in [-0.2, -0.15) is 0 Å². The van der Waals surface area contributed by atoms with Gasteiger partial charge in [0.25, 0.3) is 5.91 Å². The van der Waals surface area contributed by atoms with Gasteiger partial charge < -0.3 is 15.5 Å². The fourth-order valence-corrected chi connectivity index (χ4v) is 4.56. The molecule has 0 spiro atoms. The largest absolute Gasteiger partial charge is 0.378 e. The molecule has 0 saturated heterocycles. The normalized spacial score (nSPS) is 19.2. The molecule has 2 aliphatic rings. The molecule has 0 unspecified atom stereocenters. The van der Waals surface area contributed by atoms with Gasteiger partial charge in [-0.1, -0.05) is 12.1 Å². The van der Waals surface area contributed by atoms with Crippen molar-refractivity contribution in [2.75, 3.05) is 24.3 Å². The van der Waals surface area contributed by atoms with E-state index in [4.69, 9.17) is 0 Å². The fourth-order valence-electron chi connectivity index (χ4n) is 3.25. The predicted octanol–water partition coefficient (Wildman–Crippen LogP) is 3.16. The van der Waals surface area contributed by atoms with Gasteiger partial charge in [0.15, 0.2) is 0 Å². The first-order valence-electron chi connectivity index (χ1n) is 7.62. The second-order valence-electron chi connectivity index (χ2n) is 6.10. The summed E-state index contributed by atoms with van der Waals surface area (Å²) in [6, 6.07) is 8.29. The lowest BCUT2D eigenvalue weighted by molar-refractivity contribution is 0.0935. The van der Waals surface area contributed by atoms with Gasteiger partial charge >= 0.3 is 0 Å². The minimum Gasteiger partial charge on any atom is -0.378 e. The average Bonchev–Trinajstić information content (AvgIpc) is 3.07. The van der Waals surface area contributed by atoms with Crippen LogP contribution in [0.25, 0.3) is 0 Å². The molecular formula is C17H19N3OS. The van der Waals surface area contributed by atoms with E-state index >= 15 is 0 Å². The van der Waals surface area contributed by atoms with E-state index in [-0.39, 0.29) is 12.1 Å². The topological polar surface area (TPSA) is 44.4 Å². The van der Waals surface area contributed by atoms with Crippen molar-refractivity contribution in [3.8, 4) is 0 Å². The molecule has 0 fully saturated rings. The van der Waals surface area contributed by atoms with Crippen molar-refractivity contribution in [2.24, 2.45) is 0 Å². The standard InChI is InChI=1S/C17H19N3OS/c1-20(2)11-8-6-10(7-9-11)15-18-16(21)14-12-4-3-5-13(12)22-17(14)19-15/h6-9,15,19H,3-5H2,1-2H3,(H,18,21)/t15-/m0/s1. The highest BCUT2D eigenvalue weighted by Crippen LogP contribution is 2.42. The first-order chi connectivity index (χ1) is 10.6. The van der Waals surface area contributed by atoms with Gasteiger partial charge in [-0.15, -0.1) is 11.3 Å². The van der Waals surface area contributed by atoms with Gasteiger partial charge in [-0.3, -0.25) is 4.79 Å². The van der Waals surface area contributed by atoms with Crippen molar-refractivity contribution < 1.29 is 4.79 Å². The first kappa shape index (κ1) is 13.6. The molecule has 22 heavy (non-hydrogen) atoms. The number of nitrogens with one attached hydrogen (secondary N) is 2. The predicted molar refractivity (Wildman–Crippen MR) is 90.9 cm³/mol. The number of anilines is 2. The van der Waals surface area contributed by atoms with Crippen molar-refractivity contribution in [3.63, 3.8) is 0 Å². The minimum atomic E-state index is -0.144. The maximum absolute atomic E-state index is 12.5. The number of carbonyl (C=O) groups excluding carboxylic acids is 1. The van der Waals surface area contributed by atoms with Crippen LogP contribution in [0.5, 0.6) is 0 Å². The molecule has 1 atom stereocenters. The number of hydrogen-bond donors (Lipinski definition) is 2. The van der Waals surface area contributed by atoms with E-state index in [1.54, 1.807) is 11.3 Å². The molecule has 1 aliphatic carbocycles. The van der Waals surface area contributed by atoms with Crippen LogP contribution in [0.3, 0.4) is 0 Å². The number of rotatable bonds is 2. The molecular weight excluding hydrogens is 294 g/mol. The quantitative estimate of drug-likeness (QED) is 0.895. The SMILES string of the molecule is CN(C)c1ccc([C@H]2NC(=O)c3c(sc4c3CCC4)N2)cc1. The lowest BCUT2D eigenvalue weighted by Crippen LogP contribution is -2.38. The number of carbonyl (C=O) groups is 1. The van der Waals surface area contributed by atoms with Crippen molar-refractivity contribution in [1.82, 2.24) is 5.32 Å². The zero-order valence-electron chi connectivity index (χ0n) is 12.8. The Hall–Kier alpha value is -2.01. The van der Waals surface area contributed by atoms with Crippen LogP contribution in [-0.2, 0) is 12.8 Å². The summed E-state index contributed by atoms with van der Waals surface area (Å²) in [5.41, 5.74) is 4.39. The molecule has 0 radical (unpaired) electrons. The van der Waals surface area contributed by atoms with Crippen LogP contribution in [0.1, 0.15) is 38.9 Å². The average molecular weight is 313 g/mol. The summed E-state index contributed by atoms with van der Waals surface area (Å²) in [5, 5.41) is 7.63. The number of fused-ring (bicyclic) bond motifs is 3. The van der Waals surface area contributed by atoms with Gasteiger partial charge in [-0.05, 0) is 42.5 Å². The maximum Gasteiger partial charge on any atom is 0.256 e. The Morgan fingerprint density at radius 2 is 1.91 bits per heavy atom. The van der Waals surface area contributed by atoms with E-state index in [0.29, 0.717) is 0 Å². The second-order valence-corrected chi connectivity index (χ2v) is 7.20. The van der Waals surface area contributed by atoms with Crippen molar-refractivity contribution in [3.05, 3.63) is 45.8 Å². The third kappa shape index (κ3) is 2.08. The third-order valence-electron chi connectivity index (χ3n) is 4.44. The summed E-state index contributed by atoms with van der Waals surface area (Å²) in [5.74, 6) is 0.0647. The molecule has 114 valence electrons. The van der Waals surface area contributed by atoms with E-state index in [2.05, 4.69) is 39.8 Å². The highest BCUT2D eigenvalue weighted by Gasteiger charge is 2.32. The molecule has 4 rings (SSSR count). The molecule has 2 N–H and O–H groups in total. The van der Waals surface area contributed by atoms with Crippen molar-refractivity contribution in [2.45, 2.75) is 25.4 Å². The lowest BCUT2D eigenvalue weighted by Gasteiger charge is -2.27. The summed E-state index contributed by atoms with van der Waals surface area (Å²) < 4.78 is 0. The number of amides is 1. The van der Waals surface area contributed by atoms with Crippen LogP contribution >= 0.6 is 11.3 Å². The summed E-state index contributed by atoms with van der Waals surface area (Å²) in [4.78, 5) is 16.0. The highest BCUT2D eigenvalue weighted by molar-refractivity contribution is 7.16. The number of benzene rings is 1. The molecule has 0 bridgehead atoms. The Bertz CT molecular complexity index is 733. The summed E-state index contributed by atoms with van der Waals surface area (Å²) >= 11 is 1.75. The van der Waals surface area contributed by atoms with Crippen LogP contribution in [0.15, 0.2) is 24.3 Å². The van der Waals surface area contributed by atoms with E-state index in [1.807, 2.05) is 14.1 Å². The molecule has 1 aromatic heterocycles. The van der Waals surface area contributed by atoms with Crippen LogP contribution < -0.4 is 15.5 Å². The molecule has 1 aliphatic heterocycles. The van der Waals surface area contributed by atoms with E-state index in [0.717, 1.165) is 34.7 Å². The molecule has 2 aromatic rings. The lowest BCUT2D eigenvalue weighted by atomic mass is 10.1. The monoisotopic (exact) mass is 313 g/mol. The van der Waals surface area contributed by atoms with Gasteiger partial charge in [0.05, 0.1) is 5.56 Å². The Morgan fingerprint density at radius 1 is 1.14 bits per heavy atom. The van der Waals surface area contributed by atoms with E-state index < -0.39 is 0 Å². The molecule has 2 heterocycles. The Balaban J connectivity index is 1.64. The van der Waals surface area contributed by atoms with Gasteiger partial charge in [0, 0.05) is 24.7 Å². The van der Waals surface area contributed by atoms with Gasteiger partial charge in [0.1, 0.15) is 11.2 Å². The highest BCUT2D eigenvalue weighted by atomic mass is 32.1. The van der Waals surface area contributed by atoms with E-state index in [1.165, 1.54) is 16.9 Å². The molecule has 0 saturated carbocycles. The van der Waals surface area contributed by atoms with Gasteiger partial charge in [0.2, 0.25) is 0 Å². The van der Waals surface area contributed by atoms with E-state index in [9.17, 15) is 4.79 Å². The molecule has 1 amide bonds. The van der Waals surface area contributed by atoms with Crippen LogP contribution in [0.4, 0.5) is 10.7 Å². The Kier molecular flexibility index (Phi) is 3.11. The zero-order chi connectivity index (χ0) is 15.3. The Morgan fingerprint density at radius 3 is 2.64 bits per heavy atom. The summed E-state index contributed by atoms with van der Waals surface area (Å²) in [7, 11) is 4.05. The molecule has 1 aromatic carbocycles. The smallest absolute Gasteiger partial charge is 0.256 e. The zero-order valence-corrected chi connectivity index (χ0v) is 13.6. The van der Waals surface area contributed by atoms with Crippen LogP contribution in [0, 0.1) is 0 Å². The summed E-state index contributed by atoms with van der Waals surface area (Å²) in [6.45, 7) is 0. The van der Waals surface area contributed by atoms with Crippen LogP contribution in [0.2, 0.25) is 0 Å². The summed E-state index contributed by atoms with van der Waals surface area (Å²) in [6.07, 6.45) is 3.19. The van der Waals surface area contributed by atoms with Crippen LogP contribution in [-0.4, -0.2) is 20.0 Å². The second kappa shape index (κ2) is 5.02. The number of aryl methyl sites for hydroxylation is 1. The number of nitrogens with zero attached hydrogens (tertiary/aromatic N) is 1. The third-order valence-corrected chi connectivity index (χ3v) is 5.67. The fraction of sp³-hybridized carbons (Fsp3) is 0.353. The van der Waals surface area contributed by atoms with Gasteiger partial charge in [-0.25, -0.2) is 0 Å². The minimum absolute atomic E-state index is 0.0647. The maximum atomic E-state index is 12.5. The number of hydrogen-bond acceptors (Lipinski definition) is 4. The first-order valence-corrected chi connectivity index (χ1v) is 8.44. The van der Waals surface area contributed by atoms with Crippen molar-refractivity contribution in [1.29, 1.82) is 0 Å².